The van der Waals surface area contributed by atoms with Gasteiger partial charge in [0.2, 0.25) is 0 Å². The summed E-state index contributed by atoms with van der Waals surface area (Å²) in [7, 11) is 0. The standard InChI is InChI=1S/C14H15N/c1-2-4-13-10-14(9-12(13)3-1)11-5-7-15-8-6-11/h5-10,15H,1-4H2. The fourth-order valence-electron chi connectivity index (χ4n) is 2.44. The molecule has 0 atom stereocenters. The van der Waals surface area contributed by atoms with Crippen molar-refractivity contribution in [2.45, 2.75) is 25.7 Å². The Labute approximate surface area is 90.6 Å². The van der Waals surface area contributed by atoms with Gasteiger partial charge >= 0.3 is 0 Å². The molecule has 3 aliphatic rings. The summed E-state index contributed by atoms with van der Waals surface area (Å²) >= 11 is 0. The third-order valence-electron chi connectivity index (χ3n) is 3.27. The number of hydrogen-bond acceptors (Lipinski definition) is 1. The average molecular weight is 197 g/mol. The minimum absolute atomic E-state index is 1.27. The van der Waals surface area contributed by atoms with Crippen LogP contribution in [0.5, 0.6) is 0 Å². The second-order valence-corrected chi connectivity index (χ2v) is 4.29. The first kappa shape index (κ1) is 8.78. The smallest absolute Gasteiger partial charge is 0.00106 e. The molecule has 1 nitrogen and oxygen atoms in total. The molecular formula is C14H15N. The van der Waals surface area contributed by atoms with Crippen molar-refractivity contribution in [2.24, 2.45) is 0 Å². The zero-order chi connectivity index (χ0) is 10.1. The lowest BCUT2D eigenvalue weighted by molar-refractivity contribution is 0.682. The predicted octanol–water partition coefficient (Wildman–Crippen LogP) is 3.35. The number of rotatable bonds is 0. The molecule has 0 bridgehead atoms. The van der Waals surface area contributed by atoms with E-state index in [0.717, 1.165) is 0 Å². The predicted molar refractivity (Wildman–Crippen MR) is 63.1 cm³/mol. The van der Waals surface area contributed by atoms with Gasteiger partial charge < -0.3 is 5.32 Å². The van der Waals surface area contributed by atoms with E-state index in [4.69, 9.17) is 0 Å². The number of nitrogens with one attached hydrogen (secondary N) is 1. The van der Waals surface area contributed by atoms with Gasteiger partial charge in [0.15, 0.2) is 0 Å². The molecule has 1 saturated carbocycles. The van der Waals surface area contributed by atoms with Crippen LogP contribution in [0, 0.1) is 0 Å². The topological polar surface area (TPSA) is 12.0 Å². The van der Waals surface area contributed by atoms with Gasteiger partial charge in [-0.2, -0.15) is 0 Å². The number of hydrogen-bond donors (Lipinski definition) is 1. The molecule has 0 saturated heterocycles. The average Bonchev–Trinajstić information content (AvgIpc) is 2.74. The van der Waals surface area contributed by atoms with E-state index < -0.39 is 0 Å². The summed E-state index contributed by atoms with van der Waals surface area (Å²) in [6.07, 6.45) is 18.2. The Hall–Kier alpha value is -1.50. The lowest BCUT2D eigenvalue weighted by Crippen LogP contribution is -1.97. The van der Waals surface area contributed by atoms with E-state index in [1.54, 1.807) is 11.1 Å². The highest BCUT2D eigenvalue weighted by Gasteiger charge is 2.17. The van der Waals surface area contributed by atoms with Gasteiger partial charge in [-0.05, 0) is 60.1 Å². The summed E-state index contributed by atoms with van der Waals surface area (Å²) < 4.78 is 0. The Bertz CT molecular complexity index is 392. The van der Waals surface area contributed by atoms with E-state index in [1.165, 1.54) is 36.8 Å². The molecule has 1 aliphatic heterocycles. The number of fused-ring (bicyclic) bond motifs is 1. The van der Waals surface area contributed by atoms with E-state index in [1.807, 2.05) is 12.4 Å². The molecule has 1 N–H and O–H groups in total. The maximum atomic E-state index is 3.06. The molecule has 2 aliphatic carbocycles. The first-order valence-corrected chi connectivity index (χ1v) is 5.68. The minimum atomic E-state index is 1.27. The van der Waals surface area contributed by atoms with Gasteiger partial charge in [0.25, 0.3) is 0 Å². The van der Waals surface area contributed by atoms with E-state index >= 15 is 0 Å². The molecule has 0 aromatic heterocycles. The van der Waals surface area contributed by atoms with Crippen LogP contribution in [0.1, 0.15) is 25.7 Å². The molecule has 76 valence electrons. The van der Waals surface area contributed by atoms with E-state index in [-0.39, 0.29) is 0 Å². The molecule has 0 amide bonds. The Morgan fingerprint density at radius 2 is 1.40 bits per heavy atom. The van der Waals surface area contributed by atoms with Crippen molar-refractivity contribution in [1.29, 1.82) is 0 Å². The SMILES string of the molecule is C1=CC(=C2C=C3CCCCC3=C2)C=CN1. The quantitative estimate of drug-likeness (QED) is 0.628. The van der Waals surface area contributed by atoms with Gasteiger partial charge in [0, 0.05) is 12.4 Å². The normalized spacial score (nSPS) is 23.5. The summed E-state index contributed by atoms with van der Waals surface area (Å²) in [5.41, 5.74) is 5.85. The second kappa shape index (κ2) is 3.58. The van der Waals surface area contributed by atoms with Crippen LogP contribution in [0.2, 0.25) is 0 Å². The van der Waals surface area contributed by atoms with Crippen LogP contribution >= 0.6 is 0 Å². The van der Waals surface area contributed by atoms with Gasteiger partial charge in [0.1, 0.15) is 0 Å². The molecule has 0 radical (unpaired) electrons. The lowest BCUT2D eigenvalue weighted by Gasteiger charge is -2.13. The van der Waals surface area contributed by atoms with Crippen LogP contribution in [-0.4, -0.2) is 0 Å². The maximum absolute atomic E-state index is 3.06. The lowest BCUT2D eigenvalue weighted by atomic mass is 9.92. The van der Waals surface area contributed by atoms with Crippen molar-refractivity contribution in [3.8, 4) is 0 Å². The van der Waals surface area contributed by atoms with Gasteiger partial charge in [-0.25, -0.2) is 0 Å². The van der Waals surface area contributed by atoms with Crippen molar-refractivity contribution in [3.63, 3.8) is 0 Å². The van der Waals surface area contributed by atoms with Crippen LogP contribution in [-0.2, 0) is 0 Å². The summed E-state index contributed by atoms with van der Waals surface area (Å²) in [4.78, 5) is 0. The molecule has 3 rings (SSSR count). The van der Waals surface area contributed by atoms with Gasteiger partial charge in [-0.15, -0.1) is 0 Å². The van der Waals surface area contributed by atoms with Crippen LogP contribution in [0.4, 0.5) is 0 Å². The van der Waals surface area contributed by atoms with Crippen molar-refractivity contribution in [1.82, 2.24) is 5.32 Å². The first-order valence-electron chi connectivity index (χ1n) is 5.68. The fourth-order valence-corrected chi connectivity index (χ4v) is 2.44. The fraction of sp³-hybridized carbons (Fsp3) is 0.286. The highest BCUT2D eigenvalue weighted by atomic mass is 14.8. The van der Waals surface area contributed by atoms with Crippen molar-refractivity contribution in [2.75, 3.05) is 0 Å². The highest BCUT2D eigenvalue weighted by Crippen LogP contribution is 2.36. The monoisotopic (exact) mass is 197 g/mol. The maximum Gasteiger partial charge on any atom is 0.00106 e. The largest absolute Gasteiger partial charge is 0.368 e. The zero-order valence-electron chi connectivity index (χ0n) is 8.79. The van der Waals surface area contributed by atoms with E-state index in [0.29, 0.717) is 0 Å². The Balaban J connectivity index is 2.00. The molecule has 1 fully saturated rings. The van der Waals surface area contributed by atoms with Crippen LogP contribution in [0.3, 0.4) is 0 Å². The summed E-state index contributed by atoms with van der Waals surface area (Å²) in [5, 5.41) is 3.06. The molecule has 1 heteroatoms. The Morgan fingerprint density at radius 3 is 2.00 bits per heavy atom. The third kappa shape index (κ3) is 1.58. The van der Waals surface area contributed by atoms with Gasteiger partial charge in [-0.1, -0.05) is 12.2 Å². The van der Waals surface area contributed by atoms with Crippen LogP contribution in [0.15, 0.2) is 59.0 Å². The number of allylic oxidation sites excluding steroid dienone is 8. The molecule has 0 spiro atoms. The third-order valence-corrected chi connectivity index (χ3v) is 3.27. The van der Waals surface area contributed by atoms with Crippen molar-refractivity contribution in [3.05, 3.63) is 59.0 Å². The summed E-state index contributed by atoms with van der Waals surface area (Å²) in [6.45, 7) is 0. The minimum Gasteiger partial charge on any atom is -0.368 e. The molecule has 0 unspecified atom stereocenters. The van der Waals surface area contributed by atoms with E-state index in [9.17, 15) is 0 Å². The molecular weight excluding hydrogens is 182 g/mol. The second-order valence-electron chi connectivity index (χ2n) is 4.29. The first-order chi connectivity index (χ1) is 7.43. The van der Waals surface area contributed by atoms with Crippen LogP contribution < -0.4 is 5.32 Å². The Morgan fingerprint density at radius 1 is 0.800 bits per heavy atom. The van der Waals surface area contributed by atoms with Gasteiger partial charge in [-0.3, -0.25) is 0 Å². The number of dihydropyridines is 1. The van der Waals surface area contributed by atoms with Crippen molar-refractivity contribution >= 4 is 0 Å². The molecule has 15 heavy (non-hydrogen) atoms. The molecule has 1 heterocycles. The molecule has 0 aromatic carbocycles. The van der Waals surface area contributed by atoms with E-state index in [2.05, 4.69) is 29.6 Å². The van der Waals surface area contributed by atoms with Crippen molar-refractivity contribution < 1.29 is 0 Å². The zero-order valence-corrected chi connectivity index (χ0v) is 8.79. The highest BCUT2D eigenvalue weighted by molar-refractivity contribution is 5.58. The summed E-state index contributed by atoms with van der Waals surface area (Å²) in [6, 6.07) is 0. The summed E-state index contributed by atoms with van der Waals surface area (Å²) in [5.74, 6) is 0. The molecule has 0 aromatic rings. The van der Waals surface area contributed by atoms with Gasteiger partial charge in [0.05, 0.1) is 0 Å². The van der Waals surface area contributed by atoms with Crippen LogP contribution in [0.25, 0.3) is 0 Å². The Kier molecular flexibility index (Phi) is 2.09.